The second kappa shape index (κ2) is 9.24. The second-order valence-electron chi connectivity index (χ2n) is 8.95. The van der Waals surface area contributed by atoms with Crippen LogP contribution in [-0.4, -0.2) is 46.0 Å². The van der Waals surface area contributed by atoms with E-state index in [1.807, 2.05) is 62.5 Å². The largest absolute Gasteiger partial charge is 0.391 e. The maximum Gasteiger partial charge on any atom is 0.252 e. The number of carbonyl (C=O) groups is 2. The van der Waals surface area contributed by atoms with Crippen molar-refractivity contribution in [1.82, 2.24) is 15.2 Å². The van der Waals surface area contributed by atoms with E-state index in [0.29, 0.717) is 26.1 Å². The number of hydrogen-bond donors (Lipinski definition) is 2. The predicted octanol–water partition coefficient (Wildman–Crippen LogP) is 4.04. The fourth-order valence-corrected chi connectivity index (χ4v) is 5.86. The molecule has 0 bridgehead atoms. The van der Waals surface area contributed by atoms with E-state index in [4.69, 9.17) is 4.98 Å². The molecule has 0 spiro atoms. The number of aromatic nitrogens is 1. The smallest absolute Gasteiger partial charge is 0.252 e. The van der Waals surface area contributed by atoms with Crippen LogP contribution in [0.25, 0.3) is 11.1 Å². The molecule has 3 heterocycles. The molecule has 1 saturated heterocycles. The van der Waals surface area contributed by atoms with Crippen molar-refractivity contribution in [3.05, 3.63) is 82.5 Å². The van der Waals surface area contributed by atoms with Crippen LogP contribution in [-0.2, 0) is 11.3 Å². The Morgan fingerprint density at radius 1 is 1.18 bits per heavy atom. The summed E-state index contributed by atoms with van der Waals surface area (Å²) in [7, 11) is 0. The molecular weight excluding hydrogens is 446 g/mol. The molecule has 2 aliphatic rings. The number of fused-ring (bicyclic) bond motifs is 1. The van der Waals surface area contributed by atoms with Crippen molar-refractivity contribution in [3.8, 4) is 11.1 Å². The molecule has 2 aromatic carbocycles. The highest BCUT2D eigenvalue weighted by atomic mass is 32.2. The summed E-state index contributed by atoms with van der Waals surface area (Å²) in [6, 6.07) is 15.8. The van der Waals surface area contributed by atoms with Crippen molar-refractivity contribution in [3.63, 3.8) is 0 Å². The van der Waals surface area contributed by atoms with Gasteiger partial charge in [0.15, 0.2) is 0 Å². The van der Waals surface area contributed by atoms with E-state index in [-0.39, 0.29) is 11.8 Å². The van der Waals surface area contributed by atoms with Crippen LogP contribution in [0.5, 0.6) is 0 Å². The molecule has 0 aliphatic carbocycles. The third-order valence-electron chi connectivity index (χ3n) is 6.55. The fraction of sp³-hybridized carbons (Fsp3) is 0.296. The molecule has 1 unspecified atom stereocenters. The minimum absolute atomic E-state index is 0.000956. The van der Waals surface area contributed by atoms with Gasteiger partial charge in [0.05, 0.1) is 11.1 Å². The number of rotatable bonds is 5. The molecule has 0 saturated carbocycles. The van der Waals surface area contributed by atoms with E-state index in [1.54, 1.807) is 4.90 Å². The van der Waals surface area contributed by atoms with Gasteiger partial charge >= 0.3 is 0 Å². The molecular formula is C27H27N3O3S. The zero-order valence-corrected chi connectivity index (χ0v) is 20.1. The van der Waals surface area contributed by atoms with Gasteiger partial charge in [0.2, 0.25) is 5.91 Å². The Bertz CT molecular complexity index is 1260. The molecule has 1 aromatic heterocycles. The fourth-order valence-electron chi connectivity index (χ4n) is 4.73. The highest BCUT2D eigenvalue weighted by molar-refractivity contribution is 8.00. The third-order valence-corrected chi connectivity index (χ3v) is 7.91. The summed E-state index contributed by atoms with van der Waals surface area (Å²) in [4.78, 5) is 32.2. The summed E-state index contributed by atoms with van der Waals surface area (Å²) in [5, 5.41) is 13.2. The molecule has 7 heteroatoms. The van der Waals surface area contributed by atoms with Gasteiger partial charge < -0.3 is 15.3 Å². The average Bonchev–Trinajstić information content (AvgIpc) is 3.45. The van der Waals surface area contributed by atoms with Crippen molar-refractivity contribution in [1.29, 1.82) is 0 Å². The zero-order valence-electron chi connectivity index (χ0n) is 19.2. The van der Waals surface area contributed by atoms with Gasteiger partial charge in [-0.1, -0.05) is 54.2 Å². The van der Waals surface area contributed by atoms with Gasteiger partial charge in [-0.3, -0.25) is 9.59 Å². The van der Waals surface area contributed by atoms with E-state index in [9.17, 15) is 14.7 Å². The van der Waals surface area contributed by atoms with Crippen LogP contribution >= 0.6 is 11.8 Å². The minimum atomic E-state index is -0.456. The summed E-state index contributed by atoms with van der Waals surface area (Å²) in [6.45, 7) is 5.42. The lowest BCUT2D eigenvalue weighted by Crippen LogP contribution is -2.33. The van der Waals surface area contributed by atoms with Gasteiger partial charge in [0.25, 0.3) is 5.91 Å². The van der Waals surface area contributed by atoms with Gasteiger partial charge in [-0.05, 0) is 54.2 Å². The average molecular weight is 474 g/mol. The lowest BCUT2D eigenvalue weighted by Gasteiger charge is -2.23. The van der Waals surface area contributed by atoms with Crippen LogP contribution in [0, 0.1) is 13.8 Å². The van der Waals surface area contributed by atoms with E-state index < -0.39 is 11.4 Å². The maximum absolute atomic E-state index is 13.4. The first kappa shape index (κ1) is 22.6. The summed E-state index contributed by atoms with van der Waals surface area (Å²) < 4.78 is 0. The number of nitrogens with one attached hydrogen (secondary N) is 1. The number of hydrogen-bond acceptors (Lipinski definition) is 5. The van der Waals surface area contributed by atoms with Gasteiger partial charge in [0.1, 0.15) is 5.25 Å². The molecule has 6 nitrogen and oxygen atoms in total. The molecule has 34 heavy (non-hydrogen) atoms. The summed E-state index contributed by atoms with van der Waals surface area (Å²) in [5.41, 5.74) is 6.61. The topological polar surface area (TPSA) is 82.5 Å². The normalized spacial score (nSPS) is 18.0. The number of aryl methyl sites for hydroxylation is 2. The summed E-state index contributed by atoms with van der Waals surface area (Å²) in [6.07, 6.45) is 1.99. The molecule has 0 radical (unpaired) electrons. The van der Waals surface area contributed by atoms with Gasteiger partial charge in [0, 0.05) is 37.0 Å². The number of benzene rings is 2. The number of pyridine rings is 1. The van der Waals surface area contributed by atoms with Gasteiger partial charge in [-0.25, -0.2) is 4.98 Å². The third kappa shape index (κ3) is 4.21. The quantitative estimate of drug-likeness (QED) is 0.547. The van der Waals surface area contributed by atoms with Crippen LogP contribution in [0.4, 0.5) is 0 Å². The van der Waals surface area contributed by atoms with Crippen molar-refractivity contribution >= 4 is 23.6 Å². The molecule has 2 aliphatic heterocycles. The van der Waals surface area contributed by atoms with Gasteiger partial charge in [-0.2, -0.15) is 0 Å². The first-order valence-electron chi connectivity index (χ1n) is 11.5. The highest BCUT2D eigenvalue weighted by Crippen LogP contribution is 2.39. The molecule has 2 atom stereocenters. The summed E-state index contributed by atoms with van der Waals surface area (Å²) in [5.74, 6) is -0.0265. The lowest BCUT2D eigenvalue weighted by molar-refractivity contribution is -0.130. The first-order valence-corrected chi connectivity index (χ1v) is 12.4. The molecule has 2 N–H and O–H groups in total. The van der Waals surface area contributed by atoms with Crippen LogP contribution in [0.2, 0.25) is 0 Å². The Kier molecular flexibility index (Phi) is 6.15. The number of amides is 2. The Balaban J connectivity index is 1.46. The second-order valence-corrected chi connectivity index (χ2v) is 10.0. The number of thioether (sulfide) groups is 1. The molecule has 174 valence electrons. The van der Waals surface area contributed by atoms with E-state index >= 15 is 0 Å². The predicted molar refractivity (Wildman–Crippen MR) is 133 cm³/mol. The molecule has 2 amide bonds. The van der Waals surface area contributed by atoms with Crippen molar-refractivity contribution in [2.24, 2.45) is 0 Å². The Labute approximate surface area is 203 Å². The number of aliphatic hydroxyl groups excluding tert-OH is 1. The lowest BCUT2D eigenvalue weighted by atomic mass is 9.94. The number of aliphatic hydroxyl groups is 1. The van der Waals surface area contributed by atoms with Crippen LogP contribution in [0.3, 0.4) is 0 Å². The van der Waals surface area contributed by atoms with E-state index in [0.717, 1.165) is 44.0 Å². The van der Waals surface area contributed by atoms with Crippen molar-refractivity contribution < 1.29 is 14.7 Å². The Hall–Kier alpha value is -3.16. The monoisotopic (exact) mass is 473 g/mol. The maximum atomic E-state index is 13.4. The highest BCUT2D eigenvalue weighted by Gasteiger charge is 2.32. The first-order chi connectivity index (χ1) is 16.4. The van der Waals surface area contributed by atoms with E-state index in [2.05, 4.69) is 11.4 Å². The Morgan fingerprint density at radius 2 is 1.97 bits per heavy atom. The summed E-state index contributed by atoms with van der Waals surface area (Å²) >= 11 is 1.45. The zero-order chi connectivity index (χ0) is 23.8. The van der Waals surface area contributed by atoms with Crippen LogP contribution < -0.4 is 5.32 Å². The number of likely N-dealkylation sites (tertiary alicyclic amines) is 1. The van der Waals surface area contributed by atoms with E-state index in [1.165, 1.54) is 11.8 Å². The SMILES string of the molecule is Cc1cc(-c2ccc(C)c3c2CNC3=O)cnc1SC(C(=O)N1CC[C@H](O)C1)c1ccccc1. The van der Waals surface area contributed by atoms with Crippen molar-refractivity contribution in [2.45, 2.75) is 43.2 Å². The van der Waals surface area contributed by atoms with Crippen LogP contribution in [0.1, 0.15) is 44.3 Å². The number of nitrogens with zero attached hydrogens (tertiary/aromatic N) is 2. The molecule has 3 aromatic rings. The number of carbonyl (C=O) groups excluding carboxylic acids is 2. The van der Waals surface area contributed by atoms with Crippen LogP contribution in [0.15, 0.2) is 59.8 Å². The molecule has 1 fully saturated rings. The van der Waals surface area contributed by atoms with Crippen molar-refractivity contribution in [2.75, 3.05) is 13.1 Å². The molecule has 5 rings (SSSR count). The van der Waals surface area contributed by atoms with Gasteiger partial charge in [-0.15, -0.1) is 0 Å². The minimum Gasteiger partial charge on any atom is -0.391 e. The number of β-amino-alcohol motifs (C(OH)–C–C–N with tert-alkyl or cyclic N) is 1. The Morgan fingerprint density at radius 3 is 2.68 bits per heavy atom. The standard InChI is InChI=1S/C27H27N3O3S/c1-16-8-9-21(22-14-28-25(32)23(16)22)19-12-17(2)26(29-13-19)34-24(18-6-4-3-5-7-18)27(33)30-11-10-20(31)15-30/h3-9,12-13,20,24,31H,10-11,14-15H2,1-2H3,(H,28,32)/t20-,24?/m0/s1.